The molecule has 1 heterocycles. The van der Waals surface area contributed by atoms with Gasteiger partial charge in [0.2, 0.25) is 0 Å². The molecule has 0 bridgehead atoms. The zero-order chi connectivity index (χ0) is 21.7. The fraction of sp³-hybridized carbons (Fsp3) is 0.522. The standard InChI is InChI=1S/C23H32FNO4/c1-14(2)23-20(10-9-18(26)11-19(27)12-22(28)29)21(13-25(23)15(3)4)16-5-7-17(24)8-6-16/h5-8,13-15,18-19,26-27H,9-12H2,1-4H3,(H,28,29)/t18-,19-/m0/s1. The first-order chi connectivity index (χ1) is 13.6. The molecule has 0 radical (unpaired) electrons. The van der Waals surface area contributed by atoms with Crippen LogP contribution >= 0.6 is 0 Å². The highest BCUT2D eigenvalue weighted by Gasteiger charge is 2.22. The number of aliphatic hydroxyl groups excluding tert-OH is 2. The zero-order valence-electron chi connectivity index (χ0n) is 17.6. The molecule has 29 heavy (non-hydrogen) atoms. The Balaban J connectivity index is 2.32. The molecule has 0 spiro atoms. The number of carbonyl (C=O) groups is 1. The van der Waals surface area contributed by atoms with Crippen molar-refractivity contribution < 1.29 is 24.5 Å². The largest absolute Gasteiger partial charge is 0.481 e. The number of halogens is 1. The van der Waals surface area contributed by atoms with Crippen molar-refractivity contribution in [2.24, 2.45) is 0 Å². The minimum atomic E-state index is -1.08. The van der Waals surface area contributed by atoms with Gasteiger partial charge in [-0.3, -0.25) is 4.79 Å². The molecule has 1 aromatic heterocycles. The summed E-state index contributed by atoms with van der Waals surface area (Å²) < 4.78 is 15.6. The second-order valence-electron chi connectivity index (χ2n) is 8.25. The van der Waals surface area contributed by atoms with E-state index in [9.17, 15) is 19.4 Å². The van der Waals surface area contributed by atoms with E-state index in [-0.39, 0.29) is 30.6 Å². The van der Waals surface area contributed by atoms with Crippen LogP contribution in [0.5, 0.6) is 0 Å². The molecule has 0 aliphatic carbocycles. The maximum absolute atomic E-state index is 13.4. The van der Waals surface area contributed by atoms with Gasteiger partial charge in [0.1, 0.15) is 5.82 Å². The Hall–Kier alpha value is -2.18. The minimum Gasteiger partial charge on any atom is -0.481 e. The van der Waals surface area contributed by atoms with E-state index in [1.54, 1.807) is 12.1 Å². The van der Waals surface area contributed by atoms with Gasteiger partial charge in [-0.1, -0.05) is 26.0 Å². The average Bonchev–Trinajstić information content (AvgIpc) is 2.99. The van der Waals surface area contributed by atoms with E-state index in [0.29, 0.717) is 12.8 Å². The van der Waals surface area contributed by atoms with Crippen molar-refractivity contribution in [3.8, 4) is 11.1 Å². The molecule has 160 valence electrons. The van der Waals surface area contributed by atoms with Crippen LogP contribution < -0.4 is 0 Å². The van der Waals surface area contributed by atoms with Crippen LogP contribution in [0, 0.1) is 5.82 Å². The molecule has 0 fully saturated rings. The molecule has 1 aromatic carbocycles. The highest BCUT2D eigenvalue weighted by atomic mass is 19.1. The Morgan fingerprint density at radius 3 is 2.21 bits per heavy atom. The summed E-state index contributed by atoms with van der Waals surface area (Å²) >= 11 is 0. The Kier molecular flexibility index (Phi) is 7.99. The van der Waals surface area contributed by atoms with Crippen LogP contribution in [0.25, 0.3) is 11.1 Å². The van der Waals surface area contributed by atoms with Crippen LogP contribution in [0.15, 0.2) is 30.5 Å². The lowest BCUT2D eigenvalue weighted by atomic mass is 9.93. The van der Waals surface area contributed by atoms with Gasteiger partial charge >= 0.3 is 5.97 Å². The molecule has 0 amide bonds. The number of nitrogens with zero attached hydrogens (tertiary/aromatic N) is 1. The number of carboxylic acids is 1. The van der Waals surface area contributed by atoms with Crippen LogP contribution in [-0.4, -0.2) is 38.1 Å². The maximum atomic E-state index is 13.4. The summed E-state index contributed by atoms with van der Waals surface area (Å²) in [4.78, 5) is 10.7. The fourth-order valence-corrected chi connectivity index (χ4v) is 3.82. The average molecular weight is 406 g/mol. The summed E-state index contributed by atoms with van der Waals surface area (Å²) in [6.07, 6.45) is 0.873. The molecular weight excluding hydrogens is 373 g/mol. The van der Waals surface area contributed by atoms with Gasteiger partial charge in [-0.15, -0.1) is 0 Å². The summed E-state index contributed by atoms with van der Waals surface area (Å²) in [7, 11) is 0. The molecule has 5 nitrogen and oxygen atoms in total. The number of benzene rings is 1. The van der Waals surface area contributed by atoms with E-state index in [1.807, 2.05) is 0 Å². The molecule has 2 aromatic rings. The third-order valence-electron chi connectivity index (χ3n) is 5.12. The molecule has 0 aliphatic rings. The van der Waals surface area contributed by atoms with E-state index in [2.05, 4.69) is 38.5 Å². The second-order valence-corrected chi connectivity index (χ2v) is 8.25. The lowest BCUT2D eigenvalue weighted by Crippen LogP contribution is -2.21. The first-order valence-corrected chi connectivity index (χ1v) is 10.2. The van der Waals surface area contributed by atoms with Crippen LogP contribution in [0.1, 0.15) is 70.2 Å². The molecule has 0 saturated carbocycles. The summed E-state index contributed by atoms with van der Waals surface area (Å²) in [6, 6.07) is 6.66. The summed E-state index contributed by atoms with van der Waals surface area (Å²) in [5.41, 5.74) is 4.22. The second kappa shape index (κ2) is 10.0. The zero-order valence-corrected chi connectivity index (χ0v) is 17.6. The monoisotopic (exact) mass is 405 g/mol. The van der Waals surface area contributed by atoms with Gasteiger partial charge in [0.25, 0.3) is 0 Å². The van der Waals surface area contributed by atoms with Crippen LogP contribution in [0.3, 0.4) is 0 Å². The van der Waals surface area contributed by atoms with Gasteiger partial charge in [0.15, 0.2) is 0 Å². The number of aliphatic hydroxyl groups is 2. The number of hydrogen-bond acceptors (Lipinski definition) is 3. The summed E-state index contributed by atoms with van der Waals surface area (Å²) in [6.45, 7) is 8.47. The minimum absolute atomic E-state index is 0.0279. The highest BCUT2D eigenvalue weighted by molar-refractivity contribution is 5.69. The molecule has 2 atom stereocenters. The van der Waals surface area contributed by atoms with Crippen molar-refractivity contribution in [2.75, 3.05) is 0 Å². The molecule has 2 rings (SSSR count). The van der Waals surface area contributed by atoms with Gasteiger partial charge in [-0.25, -0.2) is 4.39 Å². The number of hydrogen-bond donors (Lipinski definition) is 3. The molecule has 0 aliphatic heterocycles. The van der Waals surface area contributed by atoms with Crippen LogP contribution in [0.2, 0.25) is 0 Å². The Morgan fingerprint density at radius 1 is 1.07 bits per heavy atom. The number of aliphatic carboxylic acids is 1. The van der Waals surface area contributed by atoms with Crippen molar-refractivity contribution in [2.45, 2.75) is 77.5 Å². The Morgan fingerprint density at radius 2 is 1.69 bits per heavy atom. The number of carboxylic acid groups (broad SMARTS) is 1. The van der Waals surface area contributed by atoms with Crippen molar-refractivity contribution in [3.05, 3.63) is 47.5 Å². The predicted octanol–water partition coefficient (Wildman–Crippen LogP) is 4.52. The summed E-state index contributed by atoms with van der Waals surface area (Å²) in [5.74, 6) is -1.11. The quantitative estimate of drug-likeness (QED) is 0.543. The molecule has 0 saturated heterocycles. The number of aromatic nitrogens is 1. The number of rotatable bonds is 10. The third-order valence-corrected chi connectivity index (χ3v) is 5.12. The highest BCUT2D eigenvalue weighted by Crippen LogP contribution is 2.35. The lowest BCUT2D eigenvalue weighted by molar-refractivity contribution is -0.139. The first-order valence-electron chi connectivity index (χ1n) is 10.2. The normalized spacial score (nSPS) is 13.8. The molecule has 0 unspecified atom stereocenters. The predicted molar refractivity (Wildman–Crippen MR) is 112 cm³/mol. The van der Waals surface area contributed by atoms with E-state index in [1.165, 1.54) is 17.8 Å². The van der Waals surface area contributed by atoms with Gasteiger partial charge in [0, 0.05) is 23.5 Å². The van der Waals surface area contributed by atoms with E-state index in [0.717, 1.165) is 16.7 Å². The van der Waals surface area contributed by atoms with Gasteiger partial charge in [0.05, 0.1) is 18.6 Å². The van der Waals surface area contributed by atoms with Crippen molar-refractivity contribution in [1.29, 1.82) is 0 Å². The van der Waals surface area contributed by atoms with Gasteiger partial charge in [-0.2, -0.15) is 0 Å². The Bertz CT molecular complexity index is 811. The van der Waals surface area contributed by atoms with Gasteiger partial charge in [-0.05, 0) is 62.3 Å². The van der Waals surface area contributed by atoms with Gasteiger partial charge < -0.3 is 19.9 Å². The topological polar surface area (TPSA) is 82.7 Å². The van der Waals surface area contributed by atoms with E-state index in [4.69, 9.17) is 5.11 Å². The summed E-state index contributed by atoms with van der Waals surface area (Å²) in [5, 5.41) is 28.9. The van der Waals surface area contributed by atoms with Crippen molar-refractivity contribution in [3.63, 3.8) is 0 Å². The van der Waals surface area contributed by atoms with Crippen molar-refractivity contribution in [1.82, 2.24) is 4.57 Å². The van der Waals surface area contributed by atoms with E-state index < -0.39 is 18.2 Å². The lowest BCUT2D eigenvalue weighted by Gasteiger charge is -2.19. The van der Waals surface area contributed by atoms with Crippen LogP contribution in [-0.2, 0) is 11.2 Å². The van der Waals surface area contributed by atoms with Crippen LogP contribution in [0.4, 0.5) is 4.39 Å². The molecule has 3 N–H and O–H groups in total. The van der Waals surface area contributed by atoms with E-state index >= 15 is 0 Å². The van der Waals surface area contributed by atoms with Crippen molar-refractivity contribution >= 4 is 5.97 Å². The smallest absolute Gasteiger partial charge is 0.305 e. The fourth-order valence-electron chi connectivity index (χ4n) is 3.82. The maximum Gasteiger partial charge on any atom is 0.305 e. The first kappa shape index (κ1) is 23.1. The Labute approximate surface area is 171 Å². The molecule has 6 heteroatoms. The SMILES string of the molecule is CC(C)c1c(CC[C@H](O)C[C@H](O)CC(=O)O)c(-c2ccc(F)cc2)cn1C(C)C. The molecular formula is C23H32FNO4. The third kappa shape index (κ3) is 6.15.